The fourth-order valence-electron chi connectivity index (χ4n) is 1.89. The number of nitrogen functional groups attached to an aromatic ring is 1. The van der Waals surface area contributed by atoms with Gasteiger partial charge in [0.2, 0.25) is 17.5 Å². The second kappa shape index (κ2) is 5.07. The van der Waals surface area contributed by atoms with E-state index in [1.54, 1.807) is 0 Å². The average Bonchev–Trinajstić information content (AvgIpc) is 2.39. The summed E-state index contributed by atoms with van der Waals surface area (Å²) >= 11 is 0. The number of nitrogens with one attached hydrogen (secondary N) is 1. The number of rotatable bonds is 3. The average molecular weight is 280 g/mol. The molecule has 0 saturated carbocycles. The maximum atomic E-state index is 11.9. The van der Waals surface area contributed by atoms with Crippen LogP contribution in [-0.2, 0) is 9.59 Å². The second-order valence-electron chi connectivity index (χ2n) is 4.24. The highest BCUT2D eigenvalue weighted by atomic mass is 16.6. The summed E-state index contributed by atoms with van der Waals surface area (Å²) < 4.78 is 0. The smallest absolute Gasteiger partial charge is 0.353 e. The summed E-state index contributed by atoms with van der Waals surface area (Å²) in [5.41, 5.74) is 4.94. The normalized spacial score (nSPS) is 19.1. The molecule has 1 aliphatic heterocycles. The van der Waals surface area contributed by atoms with Crippen LogP contribution >= 0.6 is 0 Å². The molecule has 1 fully saturated rings. The molecule has 2 rings (SSSR count). The van der Waals surface area contributed by atoms with Crippen LogP contribution in [0, 0.1) is 10.1 Å². The Kier molecular flexibility index (Phi) is 3.46. The quantitative estimate of drug-likeness (QED) is 0.429. The van der Waals surface area contributed by atoms with E-state index in [1.807, 2.05) is 0 Å². The van der Waals surface area contributed by atoms with Crippen molar-refractivity contribution >= 4 is 29.1 Å². The van der Waals surface area contributed by atoms with Gasteiger partial charge in [-0.3, -0.25) is 24.6 Å². The molecular formula is C10H12N6O4. The molecule has 1 aromatic heterocycles. The fourth-order valence-corrected chi connectivity index (χ4v) is 1.89. The number of hydrogen-bond donors (Lipinski definition) is 2. The van der Waals surface area contributed by atoms with Gasteiger partial charge < -0.3 is 11.1 Å². The van der Waals surface area contributed by atoms with Gasteiger partial charge in [0.25, 0.3) is 5.91 Å². The van der Waals surface area contributed by atoms with Crippen LogP contribution in [-0.4, -0.2) is 44.7 Å². The van der Waals surface area contributed by atoms with E-state index in [0.717, 1.165) is 11.2 Å². The summed E-state index contributed by atoms with van der Waals surface area (Å²) in [6.45, 7) is 0. The van der Waals surface area contributed by atoms with E-state index < -0.39 is 22.6 Å². The molecule has 20 heavy (non-hydrogen) atoms. The van der Waals surface area contributed by atoms with Gasteiger partial charge in [-0.15, -0.1) is 0 Å². The van der Waals surface area contributed by atoms with Crippen molar-refractivity contribution in [3.63, 3.8) is 0 Å². The SMILES string of the molecule is CN1C(=O)CCC(Nc2ncnc(N)c2[N+](=O)[O-])C1=O. The van der Waals surface area contributed by atoms with Crippen molar-refractivity contribution in [2.75, 3.05) is 18.1 Å². The lowest BCUT2D eigenvalue weighted by Crippen LogP contribution is -2.48. The molecule has 0 aromatic carbocycles. The molecular weight excluding hydrogens is 268 g/mol. The Balaban J connectivity index is 2.27. The molecule has 3 N–H and O–H groups in total. The van der Waals surface area contributed by atoms with Crippen LogP contribution in [0.4, 0.5) is 17.3 Å². The Bertz CT molecular complexity index is 589. The largest absolute Gasteiger partial charge is 0.378 e. The van der Waals surface area contributed by atoms with Crippen LogP contribution in [0.5, 0.6) is 0 Å². The maximum absolute atomic E-state index is 11.9. The van der Waals surface area contributed by atoms with Gasteiger partial charge in [0.1, 0.15) is 12.4 Å². The van der Waals surface area contributed by atoms with Crippen LogP contribution in [0.1, 0.15) is 12.8 Å². The van der Waals surface area contributed by atoms with Gasteiger partial charge in [-0.2, -0.15) is 0 Å². The number of carbonyl (C=O) groups is 2. The minimum atomic E-state index is -0.759. The van der Waals surface area contributed by atoms with Crippen molar-refractivity contribution in [1.29, 1.82) is 0 Å². The van der Waals surface area contributed by atoms with E-state index >= 15 is 0 Å². The third-order valence-corrected chi connectivity index (χ3v) is 2.99. The third kappa shape index (κ3) is 2.35. The number of nitro groups is 1. The first-order valence-corrected chi connectivity index (χ1v) is 5.73. The number of aromatic nitrogens is 2. The maximum Gasteiger partial charge on any atom is 0.353 e. The number of amides is 2. The highest BCUT2D eigenvalue weighted by Gasteiger charge is 2.34. The molecule has 2 heterocycles. The van der Waals surface area contributed by atoms with Crippen molar-refractivity contribution in [3.05, 3.63) is 16.4 Å². The van der Waals surface area contributed by atoms with Gasteiger partial charge in [0.05, 0.1) is 4.92 Å². The van der Waals surface area contributed by atoms with E-state index in [2.05, 4.69) is 15.3 Å². The molecule has 1 aromatic rings. The van der Waals surface area contributed by atoms with Crippen LogP contribution in [0.15, 0.2) is 6.33 Å². The summed E-state index contributed by atoms with van der Waals surface area (Å²) in [6, 6.07) is -0.759. The van der Waals surface area contributed by atoms with E-state index in [-0.39, 0.29) is 30.4 Å². The van der Waals surface area contributed by atoms with Crippen LogP contribution in [0.3, 0.4) is 0 Å². The number of likely N-dealkylation sites (N-methyl/N-ethyl adjacent to an activating group) is 1. The first-order chi connectivity index (χ1) is 9.41. The lowest BCUT2D eigenvalue weighted by Gasteiger charge is -2.28. The predicted molar refractivity (Wildman–Crippen MR) is 67.5 cm³/mol. The summed E-state index contributed by atoms with van der Waals surface area (Å²) in [5, 5.41) is 13.6. The number of anilines is 2. The molecule has 1 unspecified atom stereocenters. The number of likely N-dealkylation sites (tertiary alicyclic amines) is 1. The molecule has 0 aliphatic carbocycles. The standard InChI is InChI=1S/C10H12N6O4/c1-15-6(17)3-2-5(10(15)18)14-9-7(16(19)20)8(11)12-4-13-9/h4-5H,2-3H2,1H3,(H3,11,12,13,14). The van der Waals surface area contributed by atoms with Crippen molar-refractivity contribution in [2.24, 2.45) is 0 Å². The van der Waals surface area contributed by atoms with E-state index in [9.17, 15) is 19.7 Å². The van der Waals surface area contributed by atoms with Crippen LogP contribution in [0.2, 0.25) is 0 Å². The topological polar surface area (TPSA) is 144 Å². The molecule has 1 aliphatic rings. The van der Waals surface area contributed by atoms with Crippen LogP contribution in [0.25, 0.3) is 0 Å². The van der Waals surface area contributed by atoms with Crippen molar-refractivity contribution in [1.82, 2.24) is 14.9 Å². The number of nitrogens with two attached hydrogens (primary N) is 1. The zero-order chi connectivity index (χ0) is 14.9. The second-order valence-corrected chi connectivity index (χ2v) is 4.24. The summed E-state index contributed by atoms with van der Waals surface area (Å²) in [7, 11) is 1.36. The van der Waals surface area contributed by atoms with Gasteiger partial charge >= 0.3 is 5.69 Å². The Morgan fingerprint density at radius 2 is 2.20 bits per heavy atom. The highest BCUT2D eigenvalue weighted by Crippen LogP contribution is 2.28. The molecule has 10 nitrogen and oxygen atoms in total. The molecule has 2 amide bonds. The van der Waals surface area contributed by atoms with Crippen molar-refractivity contribution in [2.45, 2.75) is 18.9 Å². The third-order valence-electron chi connectivity index (χ3n) is 2.99. The fraction of sp³-hybridized carbons (Fsp3) is 0.400. The molecule has 10 heteroatoms. The molecule has 0 spiro atoms. The van der Waals surface area contributed by atoms with Gasteiger partial charge in [-0.05, 0) is 6.42 Å². The lowest BCUT2D eigenvalue weighted by atomic mass is 10.0. The Morgan fingerprint density at radius 3 is 2.85 bits per heavy atom. The zero-order valence-corrected chi connectivity index (χ0v) is 10.6. The highest BCUT2D eigenvalue weighted by molar-refractivity contribution is 6.01. The Labute approximate surface area is 113 Å². The number of hydrogen-bond acceptors (Lipinski definition) is 8. The minimum absolute atomic E-state index is 0.136. The van der Waals surface area contributed by atoms with Crippen LogP contribution < -0.4 is 11.1 Å². The van der Waals surface area contributed by atoms with E-state index in [1.165, 1.54) is 7.05 Å². The molecule has 1 atom stereocenters. The summed E-state index contributed by atoms with van der Waals surface area (Å²) in [4.78, 5) is 41.7. The Morgan fingerprint density at radius 1 is 1.50 bits per heavy atom. The van der Waals surface area contributed by atoms with E-state index in [0.29, 0.717) is 0 Å². The van der Waals surface area contributed by atoms with Gasteiger partial charge in [0.15, 0.2) is 0 Å². The van der Waals surface area contributed by atoms with E-state index in [4.69, 9.17) is 5.73 Å². The molecule has 0 radical (unpaired) electrons. The molecule has 106 valence electrons. The number of carbonyl (C=O) groups excluding carboxylic acids is 2. The summed E-state index contributed by atoms with van der Waals surface area (Å²) in [6.07, 6.45) is 1.48. The lowest BCUT2D eigenvalue weighted by molar-refractivity contribution is -0.383. The molecule has 1 saturated heterocycles. The monoisotopic (exact) mass is 280 g/mol. The van der Waals surface area contributed by atoms with Gasteiger partial charge in [0, 0.05) is 13.5 Å². The van der Waals surface area contributed by atoms with Crippen molar-refractivity contribution < 1.29 is 14.5 Å². The first kappa shape index (κ1) is 13.6. The Hall–Kier alpha value is -2.78. The molecule has 0 bridgehead atoms. The van der Waals surface area contributed by atoms with Gasteiger partial charge in [-0.1, -0.05) is 0 Å². The number of piperidine rings is 1. The summed E-state index contributed by atoms with van der Waals surface area (Å²) in [5.74, 6) is -1.18. The first-order valence-electron chi connectivity index (χ1n) is 5.73. The van der Waals surface area contributed by atoms with Crippen molar-refractivity contribution in [3.8, 4) is 0 Å². The van der Waals surface area contributed by atoms with Gasteiger partial charge in [-0.25, -0.2) is 9.97 Å². The minimum Gasteiger partial charge on any atom is -0.378 e. The predicted octanol–water partition coefficient (Wildman–Crippen LogP) is -0.474. The zero-order valence-electron chi connectivity index (χ0n) is 10.6. The number of imide groups is 1. The number of nitrogens with zero attached hydrogens (tertiary/aromatic N) is 4.